The van der Waals surface area contributed by atoms with Gasteiger partial charge in [0.1, 0.15) is 0 Å². The highest BCUT2D eigenvalue weighted by molar-refractivity contribution is 7.98. The first kappa shape index (κ1) is 14.9. The zero-order valence-corrected chi connectivity index (χ0v) is 12.5. The van der Waals surface area contributed by atoms with Crippen LogP contribution in [0.4, 0.5) is 0 Å². The first-order valence-corrected chi connectivity index (χ1v) is 8.10. The molecule has 2 rings (SSSR count). The molecule has 0 aliphatic heterocycles. The number of fused-ring (bicyclic) bond motifs is 1. The third-order valence-corrected chi connectivity index (χ3v) is 3.95. The SMILES string of the molecule is CSCC[C@@H](N)C(=O)NCc1cccc2ccccc12. The molecule has 0 saturated carbocycles. The molecule has 0 heterocycles. The minimum atomic E-state index is -0.419. The molecule has 20 heavy (non-hydrogen) atoms. The molecule has 4 heteroatoms. The monoisotopic (exact) mass is 288 g/mol. The van der Waals surface area contributed by atoms with Crippen molar-refractivity contribution < 1.29 is 4.79 Å². The van der Waals surface area contributed by atoms with Gasteiger partial charge in [-0.2, -0.15) is 11.8 Å². The van der Waals surface area contributed by atoms with Gasteiger partial charge in [-0.05, 0) is 34.8 Å². The minimum Gasteiger partial charge on any atom is -0.351 e. The zero-order valence-electron chi connectivity index (χ0n) is 11.6. The third kappa shape index (κ3) is 3.74. The predicted molar refractivity (Wildman–Crippen MR) is 86.8 cm³/mol. The summed E-state index contributed by atoms with van der Waals surface area (Å²) in [4.78, 5) is 11.9. The second kappa shape index (κ2) is 7.31. The van der Waals surface area contributed by atoms with Crippen molar-refractivity contribution in [2.24, 2.45) is 5.73 Å². The molecule has 106 valence electrons. The highest BCUT2D eigenvalue weighted by Crippen LogP contribution is 2.18. The lowest BCUT2D eigenvalue weighted by Crippen LogP contribution is -2.40. The van der Waals surface area contributed by atoms with E-state index in [9.17, 15) is 4.79 Å². The number of nitrogens with one attached hydrogen (secondary N) is 1. The summed E-state index contributed by atoms with van der Waals surface area (Å²) in [6.45, 7) is 0.521. The first-order valence-electron chi connectivity index (χ1n) is 6.71. The Balaban J connectivity index is 2.01. The van der Waals surface area contributed by atoms with E-state index in [0.717, 1.165) is 11.3 Å². The molecular weight excluding hydrogens is 268 g/mol. The van der Waals surface area contributed by atoms with Crippen molar-refractivity contribution in [3.8, 4) is 0 Å². The molecular formula is C16H20N2OS. The molecule has 0 spiro atoms. The lowest BCUT2D eigenvalue weighted by atomic mass is 10.0. The van der Waals surface area contributed by atoms with Gasteiger partial charge < -0.3 is 11.1 Å². The largest absolute Gasteiger partial charge is 0.351 e. The Morgan fingerprint density at radius 1 is 1.25 bits per heavy atom. The van der Waals surface area contributed by atoms with Crippen LogP contribution in [0.2, 0.25) is 0 Å². The van der Waals surface area contributed by atoms with Crippen LogP contribution in [0.1, 0.15) is 12.0 Å². The van der Waals surface area contributed by atoms with E-state index in [1.54, 1.807) is 11.8 Å². The molecule has 3 nitrogen and oxygen atoms in total. The van der Waals surface area contributed by atoms with Crippen LogP contribution in [0, 0.1) is 0 Å². The van der Waals surface area contributed by atoms with Crippen molar-refractivity contribution >= 4 is 28.4 Å². The number of hydrogen-bond donors (Lipinski definition) is 2. The van der Waals surface area contributed by atoms with Gasteiger partial charge in [0.15, 0.2) is 0 Å². The number of benzene rings is 2. The Morgan fingerprint density at radius 2 is 2.00 bits per heavy atom. The Labute approximate surface area is 123 Å². The van der Waals surface area contributed by atoms with E-state index in [4.69, 9.17) is 5.73 Å². The average Bonchev–Trinajstić information content (AvgIpc) is 2.50. The quantitative estimate of drug-likeness (QED) is 0.859. The molecule has 0 aromatic heterocycles. The molecule has 2 aromatic rings. The highest BCUT2D eigenvalue weighted by atomic mass is 32.2. The summed E-state index contributed by atoms with van der Waals surface area (Å²) < 4.78 is 0. The van der Waals surface area contributed by atoms with E-state index < -0.39 is 6.04 Å². The van der Waals surface area contributed by atoms with E-state index in [-0.39, 0.29) is 5.91 Å². The fourth-order valence-corrected chi connectivity index (χ4v) is 2.63. The number of hydrogen-bond acceptors (Lipinski definition) is 3. The fourth-order valence-electron chi connectivity index (χ4n) is 2.14. The van der Waals surface area contributed by atoms with Crippen LogP contribution in [0.15, 0.2) is 42.5 Å². The normalized spacial score (nSPS) is 12.3. The van der Waals surface area contributed by atoms with Gasteiger partial charge in [0.2, 0.25) is 5.91 Å². The number of rotatable bonds is 6. The number of carbonyl (C=O) groups excluding carboxylic acids is 1. The van der Waals surface area contributed by atoms with Gasteiger partial charge in [-0.25, -0.2) is 0 Å². The molecule has 0 bridgehead atoms. The molecule has 1 atom stereocenters. The van der Waals surface area contributed by atoms with Crippen molar-refractivity contribution in [1.82, 2.24) is 5.32 Å². The van der Waals surface area contributed by atoms with E-state index >= 15 is 0 Å². The Kier molecular flexibility index (Phi) is 5.44. The number of carbonyl (C=O) groups is 1. The van der Waals surface area contributed by atoms with E-state index in [2.05, 4.69) is 23.5 Å². The van der Waals surface area contributed by atoms with Crippen LogP contribution in [-0.2, 0) is 11.3 Å². The molecule has 1 amide bonds. The highest BCUT2D eigenvalue weighted by Gasteiger charge is 2.12. The van der Waals surface area contributed by atoms with Crippen LogP contribution in [0.25, 0.3) is 10.8 Å². The maximum atomic E-state index is 11.9. The van der Waals surface area contributed by atoms with Crippen LogP contribution in [0.5, 0.6) is 0 Å². The Morgan fingerprint density at radius 3 is 2.80 bits per heavy atom. The van der Waals surface area contributed by atoms with Gasteiger partial charge in [-0.15, -0.1) is 0 Å². The predicted octanol–water partition coefficient (Wildman–Crippen LogP) is 2.54. The summed E-state index contributed by atoms with van der Waals surface area (Å²) >= 11 is 1.70. The zero-order chi connectivity index (χ0) is 14.4. The van der Waals surface area contributed by atoms with Gasteiger partial charge in [-0.3, -0.25) is 4.79 Å². The van der Waals surface area contributed by atoms with Crippen molar-refractivity contribution in [2.45, 2.75) is 19.0 Å². The van der Waals surface area contributed by atoms with E-state index in [1.807, 2.05) is 30.5 Å². The summed E-state index contributed by atoms with van der Waals surface area (Å²) in [6, 6.07) is 13.9. The maximum absolute atomic E-state index is 11.9. The maximum Gasteiger partial charge on any atom is 0.237 e. The van der Waals surface area contributed by atoms with Crippen molar-refractivity contribution in [2.75, 3.05) is 12.0 Å². The molecule has 0 unspecified atom stereocenters. The van der Waals surface area contributed by atoms with Gasteiger partial charge in [0.25, 0.3) is 0 Å². The van der Waals surface area contributed by atoms with Crippen LogP contribution in [0.3, 0.4) is 0 Å². The average molecular weight is 288 g/mol. The molecule has 0 aliphatic carbocycles. The summed E-state index contributed by atoms with van der Waals surface area (Å²) in [5.74, 6) is 0.829. The summed E-state index contributed by atoms with van der Waals surface area (Å²) in [5, 5.41) is 5.29. The summed E-state index contributed by atoms with van der Waals surface area (Å²) in [5.41, 5.74) is 6.97. The third-order valence-electron chi connectivity index (χ3n) is 3.30. The first-order chi connectivity index (χ1) is 9.72. The van der Waals surface area contributed by atoms with Crippen molar-refractivity contribution in [3.05, 3.63) is 48.0 Å². The topological polar surface area (TPSA) is 55.1 Å². The van der Waals surface area contributed by atoms with E-state index in [1.165, 1.54) is 10.8 Å². The molecule has 2 aromatic carbocycles. The summed E-state index contributed by atoms with van der Waals surface area (Å²) in [6.07, 6.45) is 2.73. The molecule has 0 radical (unpaired) electrons. The number of thioether (sulfide) groups is 1. The standard InChI is InChI=1S/C16H20N2OS/c1-20-10-9-15(17)16(19)18-11-13-7-4-6-12-5-2-3-8-14(12)13/h2-8,15H,9-11,17H2,1H3,(H,18,19)/t15-/m1/s1. The Bertz CT molecular complexity index is 580. The minimum absolute atomic E-state index is 0.0769. The van der Waals surface area contributed by atoms with Gasteiger partial charge in [0.05, 0.1) is 6.04 Å². The summed E-state index contributed by atoms with van der Waals surface area (Å²) in [7, 11) is 0. The van der Waals surface area contributed by atoms with Gasteiger partial charge >= 0.3 is 0 Å². The molecule has 0 aliphatic rings. The van der Waals surface area contributed by atoms with Crippen molar-refractivity contribution in [3.63, 3.8) is 0 Å². The van der Waals surface area contributed by atoms with Crippen LogP contribution in [-0.4, -0.2) is 24.0 Å². The lowest BCUT2D eigenvalue weighted by Gasteiger charge is -2.12. The fraction of sp³-hybridized carbons (Fsp3) is 0.312. The van der Waals surface area contributed by atoms with Crippen LogP contribution < -0.4 is 11.1 Å². The Hall–Kier alpha value is -1.52. The molecule has 0 fully saturated rings. The second-order valence-corrected chi connectivity index (χ2v) is 5.73. The lowest BCUT2D eigenvalue weighted by molar-refractivity contribution is -0.122. The van der Waals surface area contributed by atoms with Gasteiger partial charge in [-0.1, -0.05) is 42.5 Å². The second-order valence-electron chi connectivity index (χ2n) is 4.74. The van der Waals surface area contributed by atoms with Gasteiger partial charge in [0, 0.05) is 6.54 Å². The smallest absolute Gasteiger partial charge is 0.237 e. The molecule has 0 saturated heterocycles. The van der Waals surface area contributed by atoms with E-state index in [0.29, 0.717) is 13.0 Å². The molecule has 3 N–H and O–H groups in total. The number of nitrogens with two attached hydrogens (primary N) is 1. The van der Waals surface area contributed by atoms with Crippen molar-refractivity contribution in [1.29, 1.82) is 0 Å². The van der Waals surface area contributed by atoms with Crippen LogP contribution >= 0.6 is 11.8 Å². The number of amides is 1.